The summed E-state index contributed by atoms with van der Waals surface area (Å²) < 4.78 is 7.26. The zero-order chi connectivity index (χ0) is 25.2. The lowest BCUT2D eigenvalue weighted by molar-refractivity contribution is -0.130. The summed E-state index contributed by atoms with van der Waals surface area (Å²) in [5.74, 6) is 0.140. The number of hydrogen-bond donors (Lipinski definition) is 1. The van der Waals surface area contributed by atoms with Crippen LogP contribution in [0.1, 0.15) is 46.2 Å². The van der Waals surface area contributed by atoms with Gasteiger partial charge in [-0.05, 0) is 62.9 Å². The number of aromatic nitrogens is 1. The van der Waals surface area contributed by atoms with Gasteiger partial charge >= 0.3 is 6.03 Å². The maximum atomic E-state index is 13.2. The molecule has 1 N–H and O–H groups in total. The maximum absolute atomic E-state index is 13.2. The first-order chi connectivity index (χ1) is 16.7. The first-order valence-electron chi connectivity index (χ1n) is 11.7. The van der Waals surface area contributed by atoms with E-state index in [0.717, 1.165) is 33.2 Å². The second kappa shape index (κ2) is 9.78. The van der Waals surface area contributed by atoms with Gasteiger partial charge in [0.25, 0.3) is 5.91 Å². The normalized spacial score (nSPS) is 17.5. The molecular weight excluding hydrogens is 442 g/mol. The standard InChI is InChI=1S/C28H31N3O4/c1-19-16-24(20(2)30(19)17-22-8-6-5-7-9-22)25(32)18-31-26(33)28(3,29-27(31)34)15-14-21-10-12-23(35-4)13-11-21/h5-13,16H,14-15,17-18H2,1-4H3,(H,29,34)/t28-/m1/s1. The lowest BCUT2D eigenvalue weighted by Crippen LogP contribution is -2.44. The van der Waals surface area contributed by atoms with Gasteiger partial charge in [0.1, 0.15) is 11.3 Å². The smallest absolute Gasteiger partial charge is 0.325 e. The fourth-order valence-corrected chi connectivity index (χ4v) is 4.57. The van der Waals surface area contributed by atoms with E-state index in [1.54, 1.807) is 14.0 Å². The van der Waals surface area contributed by atoms with Crippen molar-refractivity contribution in [1.82, 2.24) is 14.8 Å². The van der Waals surface area contributed by atoms with Gasteiger partial charge in [-0.2, -0.15) is 0 Å². The first-order valence-corrected chi connectivity index (χ1v) is 11.7. The van der Waals surface area contributed by atoms with Crippen LogP contribution in [0.15, 0.2) is 60.7 Å². The third-order valence-corrected chi connectivity index (χ3v) is 6.78. The predicted molar refractivity (Wildman–Crippen MR) is 134 cm³/mol. The molecule has 0 aliphatic carbocycles. The summed E-state index contributed by atoms with van der Waals surface area (Å²) in [6, 6.07) is 18.9. The number of urea groups is 1. The summed E-state index contributed by atoms with van der Waals surface area (Å²) in [4.78, 5) is 40.1. The van der Waals surface area contributed by atoms with Crippen LogP contribution >= 0.6 is 0 Å². The molecule has 1 fully saturated rings. The molecule has 0 saturated carbocycles. The fourth-order valence-electron chi connectivity index (χ4n) is 4.57. The predicted octanol–water partition coefficient (Wildman–Crippen LogP) is 4.29. The van der Waals surface area contributed by atoms with Gasteiger partial charge in [-0.1, -0.05) is 42.5 Å². The molecule has 3 amide bonds. The number of imide groups is 1. The quantitative estimate of drug-likeness (QED) is 0.371. The molecule has 7 nitrogen and oxygen atoms in total. The fraction of sp³-hybridized carbons (Fsp3) is 0.321. The van der Waals surface area contributed by atoms with E-state index in [1.165, 1.54) is 0 Å². The number of nitrogens with one attached hydrogen (secondary N) is 1. The van der Waals surface area contributed by atoms with Gasteiger partial charge in [-0.25, -0.2) is 4.79 Å². The summed E-state index contributed by atoms with van der Waals surface area (Å²) in [6.07, 6.45) is 1.04. The largest absolute Gasteiger partial charge is 0.497 e. The van der Waals surface area contributed by atoms with E-state index in [0.29, 0.717) is 24.9 Å². The summed E-state index contributed by atoms with van der Waals surface area (Å²) in [6.45, 7) is 5.94. The number of ketones is 1. The topological polar surface area (TPSA) is 80.6 Å². The van der Waals surface area contributed by atoms with Crippen molar-refractivity contribution < 1.29 is 19.1 Å². The highest BCUT2D eigenvalue weighted by atomic mass is 16.5. The summed E-state index contributed by atoms with van der Waals surface area (Å²) in [5.41, 5.74) is 3.43. The van der Waals surface area contributed by atoms with Crippen molar-refractivity contribution in [1.29, 1.82) is 0 Å². The highest BCUT2D eigenvalue weighted by Gasteiger charge is 2.48. The number of benzene rings is 2. The van der Waals surface area contributed by atoms with Crippen molar-refractivity contribution in [2.75, 3.05) is 13.7 Å². The molecule has 1 aliphatic heterocycles. The van der Waals surface area contributed by atoms with Gasteiger partial charge < -0.3 is 14.6 Å². The van der Waals surface area contributed by atoms with Gasteiger partial charge in [0.15, 0.2) is 5.78 Å². The molecular formula is C28H31N3O4. The Bertz CT molecular complexity index is 1250. The van der Waals surface area contributed by atoms with Crippen LogP contribution < -0.4 is 10.1 Å². The molecule has 0 radical (unpaired) electrons. The number of carbonyl (C=O) groups is 3. The molecule has 2 heterocycles. The number of rotatable bonds is 9. The lowest BCUT2D eigenvalue weighted by Gasteiger charge is -2.21. The van der Waals surface area contributed by atoms with Gasteiger partial charge in [0.2, 0.25) is 0 Å². The Balaban J connectivity index is 1.44. The first kappa shape index (κ1) is 24.3. The van der Waals surface area contributed by atoms with Crippen molar-refractivity contribution >= 4 is 17.7 Å². The molecule has 182 valence electrons. The lowest BCUT2D eigenvalue weighted by atomic mass is 9.93. The number of ether oxygens (including phenoxy) is 1. The van der Waals surface area contributed by atoms with Gasteiger partial charge in [0.05, 0.1) is 13.7 Å². The summed E-state index contributed by atoms with van der Waals surface area (Å²) in [7, 11) is 1.61. The number of methoxy groups -OCH3 is 1. The highest BCUT2D eigenvalue weighted by molar-refractivity contribution is 6.11. The monoisotopic (exact) mass is 473 g/mol. The molecule has 2 aromatic carbocycles. The van der Waals surface area contributed by atoms with Crippen molar-refractivity contribution in [3.8, 4) is 5.75 Å². The summed E-state index contributed by atoms with van der Waals surface area (Å²) >= 11 is 0. The third kappa shape index (κ3) is 4.99. The van der Waals surface area contributed by atoms with Crippen LogP contribution in [0.2, 0.25) is 0 Å². The average Bonchev–Trinajstić information content (AvgIpc) is 3.25. The molecule has 1 atom stereocenters. The number of aryl methyl sites for hydroxylation is 2. The third-order valence-electron chi connectivity index (χ3n) is 6.78. The number of hydrogen-bond acceptors (Lipinski definition) is 4. The number of amides is 3. The SMILES string of the molecule is COc1ccc(CC[C@@]2(C)NC(=O)N(CC(=O)c3cc(C)n(Cc4ccccc4)c3C)C2=O)cc1. The van der Waals surface area contributed by atoms with Crippen LogP contribution in [0.4, 0.5) is 4.79 Å². The van der Waals surface area contributed by atoms with Crippen molar-refractivity contribution in [2.24, 2.45) is 0 Å². The molecule has 0 bridgehead atoms. The van der Waals surface area contributed by atoms with E-state index in [-0.39, 0.29) is 18.2 Å². The van der Waals surface area contributed by atoms with E-state index in [1.807, 2.05) is 74.5 Å². The molecule has 0 spiro atoms. The van der Waals surface area contributed by atoms with Gasteiger partial charge in [-0.15, -0.1) is 0 Å². The van der Waals surface area contributed by atoms with E-state index in [4.69, 9.17) is 4.74 Å². The van der Waals surface area contributed by atoms with Crippen LogP contribution in [-0.4, -0.2) is 46.4 Å². The van der Waals surface area contributed by atoms with E-state index in [9.17, 15) is 14.4 Å². The molecule has 0 unspecified atom stereocenters. The Morgan fingerprint density at radius 2 is 1.69 bits per heavy atom. The minimum atomic E-state index is -1.05. The number of carbonyl (C=O) groups excluding carboxylic acids is 3. The molecule has 7 heteroatoms. The second-order valence-corrected chi connectivity index (χ2v) is 9.28. The van der Waals surface area contributed by atoms with Crippen LogP contribution in [0, 0.1) is 13.8 Å². The Hall–Kier alpha value is -3.87. The zero-order valence-electron chi connectivity index (χ0n) is 20.6. The van der Waals surface area contributed by atoms with E-state index >= 15 is 0 Å². The second-order valence-electron chi connectivity index (χ2n) is 9.28. The van der Waals surface area contributed by atoms with Crippen LogP contribution in [0.5, 0.6) is 5.75 Å². The van der Waals surface area contributed by atoms with Crippen LogP contribution in [0.3, 0.4) is 0 Å². The Morgan fingerprint density at radius 3 is 2.34 bits per heavy atom. The van der Waals surface area contributed by atoms with Gasteiger partial charge in [-0.3, -0.25) is 14.5 Å². The molecule has 35 heavy (non-hydrogen) atoms. The number of nitrogens with zero attached hydrogens (tertiary/aromatic N) is 2. The molecule has 1 aliphatic rings. The Kier molecular flexibility index (Phi) is 6.78. The minimum absolute atomic E-state index is 0.250. The minimum Gasteiger partial charge on any atom is -0.497 e. The molecule has 1 saturated heterocycles. The van der Waals surface area contributed by atoms with Crippen LogP contribution in [-0.2, 0) is 17.8 Å². The Morgan fingerprint density at radius 1 is 1.00 bits per heavy atom. The van der Waals surface area contributed by atoms with Crippen molar-refractivity contribution in [3.05, 3.63) is 88.7 Å². The summed E-state index contributed by atoms with van der Waals surface area (Å²) in [5, 5.41) is 2.80. The van der Waals surface area contributed by atoms with E-state index in [2.05, 4.69) is 9.88 Å². The van der Waals surface area contributed by atoms with Crippen molar-refractivity contribution in [3.63, 3.8) is 0 Å². The average molecular weight is 474 g/mol. The Labute approximate surface area is 205 Å². The number of Topliss-reactive ketones (excluding diaryl/α,β-unsaturated/α-hetero) is 1. The van der Waals surface area contributed by atoms with Crippen LogP contribution in [0.25, 0.3) is 0 Å². The zero-order valence-corrected chi connectivity index (χ0v) is 20.6. The highest BCUT2D eigenvalue weighted by Crippen LogP contribution is 2.25. The molecule has 3 aromatic rings. The molecule has 1 aromatic heterocycles. The van der Waals surface area contributed by atoms with Crippen molar-refractivity contribution in [2.45, 2.75) is 45.7 Å². The van der Waals surface area contributed by atoms with E-state index < -0.39 is 11.6 Å². The maximum Gasteiger partial charge on any atom is 0.325 e. The molecule has 4 rings (SSSR count). The van der Waals surface area contributed by atoms with Gasteiger partial charge in [0, 0.05) is 23.5 Å².